The minimum Gasteiger partial charge on any atom is -0.384 e. The predicted octanol–water partition coefficient (Wildman–Crippen LogP) is 3.18. The lowest BCUT2D eigenvalue weighted by Gasteiger charge is -1.99. The summed E-state index contributed by atoms with van der Waals surface area (Å²) in [7, 11) is 0. The van der Waals surface area contributed by atoms with Crippen LogP contribution in [-0.2, 0) is 0 Å². The maximum atomic E-state index is 9.95. The Hall–Kier alpha value is -0.640. The molecule has 0 aromatic carbocycles. The lowest BCUT2D eigenvalue weighted by molar-refractivity contribution is 0.225. The van der Waals surface area contributed by atoms with Crippen LogP contribution in [0.4, 0.5) is 0 Å². The smallest absolute Gasteiger partial charge is 0.107 e. The summed E-state index contributed by atoms with van der Waals surface area (Å²) < 4.78 is 0. The van der Waals surface area contributed by atoms with Gasteiger partial charge in [0.05, 0.1) is 9.75 Å². The number of hydrogen-bond donors (Lipinski definition) is 1. The first-order valence-electron chi connectivity index (χ1n) is 4.13. The first-order valence-corrected chi connectivity index (χ1v) is 5.83. The molecule has 0 aliphatic heterocycles. The second kappa shape index (κ2) is 2.44. The Morgan fingerprint density at radius 3 is 3.00 bits per heavy atom. The van der Waals surface area contributed by atoms with Gasteiger partial charge in [0.15, 0.2) is 0 Å². The van der Waals surface area contributed by atoms with Crippen molar-refractivity contribution in [3.8, 4) is 9.75 Å². The van der Waals surface area contributed by atoms with Crippen LogP contribution in [0.1, 0.15) is 22.1 Å². The van der Waals surface area contributed by atoms with E-state index in [1.165, 1.54) is 14.6 Å². The normalized spacial score (nSPS) is 18.8. The predicted molar refractivity (Wildman–Crippen MR) is 56.4 cm³/mol. The van der Waals surface area contributed by atoms with Crippen molar-refractivity contribution >= 4 is 22.7 Å². The molecule has 1 atom stereocenters. The molecule has 13 heavy (non-hydrogen) atoms. The number of aryl methyl sites for hydroxylation is 1. The summed E-state index contributed by atoms with van der Waals surface area (Å²) in [5, 5.41) is 12.0. The van der Waals surface area contributed by atoms with Gasteiger partial charge in [-0.3, -0.25) is 0 Å². The van der Waals surface area contributed by atoms with Crippen molar-refractivity contribution in [3.63, 3.8) is 0 Å². The Labute approximate surface area is 84.3 Å². The molecule has 0 fully saturated rings. The van der Waals surface area contributed by atoms with Crippen molar-refractivity contribution in [1.82, 2.24) is 0 Å². The van der Waals surface area contributed by atoms with Gasteiger partial charge in [0.1, 0.15) is 6.10 Å². The van der Waals surface area contributed by atoms with E-state index in [1.54, 1.807) is 22.7 Å². The van der Waals surface area contributed by atoms with Gasteiger partial charge in [0.25, 0.3) is 0 Å². The number of aliphatic hydroxyl groups is 1. The van der Waals surface area contributed by atoms with Crippen molar-refractivity contribution in [3.05, 3.63) is 33.5 Å². The first kappa shape index (κ1) is 7.74. The molecular weight excluding hydrogens is 200 g/mol. The molecule has 2 heterocycles. The van der Waals surface area contributed by atoms with E-state index < -0.39 is 0 Å². The fourth-order valence-corrected chi connectivity index (χ4v) is 3.97. The van der Waals surface area contributed by atoms with Gasteiger partial charge < -0.3 is 5.11 Å². The molecule has 0 bridgehead atoms. The van der Waals surface area contributed by atoms with Crippen LogP contribution in [0.3, 0.4) is 0 Å². The molecule has 1 N–H and O–H groups in total. The fourth-order valence-electron chi connectivity index (χ4n) is 1.80. The topological polar surface area (TPSA) is 20.2 Å². The van der Waals surface area contributed by atoms with Crippen LogP contribution in [0, 0.1) is 6.92 Å². The average molecular weight is 208 g/mol. The van der Waals surface area contributed by atoms with E-state index in [0.29, 0.717) is 0 Å². The Kier molecular flexibility index (Phi) is 1.45. The molecule has 2 aromatic rings. The summed E-state index contributed by atoms with van der Waals surface area (Å²) in [4.78, 5) is 3.82. The molecule has 66 valence electrons. The zero-order chi connectivity index (χ0) is 9.00. The molecule has 1 nitrogen and oxygen atoms in total. The molecule has 0 saturated heterocycles. The van der Waals surface area contributed by atoms with Gasteiger partial charge in [0, 0.05) is 16.0 Å². The van der Waals surface area contributed by atoms with Crippen LogP contribution in [0.5, 0.6) is 0 Å². The van der Waals surface area contributed by atoms with Crippen LogP contribution in [0.25, 0.3) is 9.75 Å². The van der Waals surface area contributed by atoms with Gasteiger partial charge in [-0.15, -0.1) is 22.7 Å². The number of rotatable bonds is 0. The van der Waals surface area contributed by atoms with E-state index in [9.17, 15) is 5.11 Å². The highest BCUT2D eigenvalue weighted by Gasteiger charge is 2.29. The minimum absolute atomic E-state index is 0.374. The highest BCUT2D eigenvalue weighted by Crippen LogP contribution is 2.50. The molecule has 0 radical (unpaired) electrons. The standard InChI is InChI=1S/C10H8OS2/c1-5-4-7-8(11)6-2-3-12-9(6)10(7)13-5/h2-4,8,11H,1H3. The lowest BCUT2D eigenvalue weighted by atomic mass is 10.1. The number of fused-ring (bicyclic) bond motifs is 3. The van der Waals surface area contributed by atoms with E-state index >= 15 is 0 Å². The van der Waals surface area contributed by atoms with Crippen molar-refractivity contribution in [1.29, 1.82) is 0 Å². The number of aliphatic hydroxyl groups excluding tert-OH is 1. The molecule has 0 saturated carbocycles. The summed E-state index contributed by atoms with van der Waals surface area (Å²) in [6.07, 6.45) is -0.374. The summed E-state index contributed by atoms with van der Waals surface area (Å²) in [5.74, 6) is 0. The third kappa shape index (κ3) is 0.894. The van der Waals surface area contributed by atoms with Gasteiger partial charge in [-0.25, -0.2) is 0 Å². The minimum atomic E-state index is -0.374. The summed E-state index contributed by atoms with van der Waals surface area (Å²) >= 11 is 3.50. The molecule has 1 aliphatic rings. The Balaban J connectivity index is 2.35. The van der Waals surface area contributed by atoms with Crippen LogP contribution in [-0.4, -0.2) is 5.11 Å². The quantitative estimate of drug-likeness (QED) is 0.705. The van der Waals surface area contributed by atoms with Gasteiger partial charge in [0.2, 0.25) is 0 Å². The van der Waals surface area contributed by atoms with E-state index in [2.05, 4.69) is 13.0 Å². The Morgan fingerprint density at radius 2 is 2.15 bits per heavy atom. The van der Waals surface area contributed by atoms with Crippen molar-refractivity contribution < 1.29 is 5.11 Å². The van der Waals surface area contributed by atoms with Crippen molar-refractivity contribution in [2.75, 3.05) is 0 Å². The van der Waals surface area contributed by atoms with Gasteiger partial charge in [-0.1, -0.05) is 0 Å². The molecule has 0 spiro atoms. The zero-order valence-corrected chi connectivity index (χ0v) is 8.71. The van der Waals surface area contributed by atoms with Crippen LogP contribution >= 0.6 is 22.7 Å². The van der Waals surface area contributed by atoms with Gasteiger partial charge in [-0.2, -0.15) is 0 Å². The zero-order valence-electron chi connectivity index (χ0n) is 7.07. The van der Waals surface area contributed by atoms with Crippen LogP contribution in [0.2, 0.25) is 0 Å². The second-order valence-corrected chi connectivity index (χ2v) is 5.42. The summed E-state index contributed by atoms with van der Waals surface area (Å²) in [6, 6.07) is 4.12. The van der Waals surface area contributed by atoms with Gasteiger partial charge >= 0.3 is 0 Å². The molecule has 1 aliphatic carbocycles. The third-order valence-electron chi connectivity index (χ3n) is 2.38. The Bertz CT molecular complexity index is 467. The molecule has 2 aromatic heterocycles. The maximum absolute atomic E-state index is 9.95. The maximum Gasteiger partial charge on any atom is 0.107 e. The van der Waals surface area contributed by atoms with E-state index in [1.807, 2.05) is 11.4 Å². The van der Waals surface area contributed by atoms with E-state index in [4.69, 9.17) is 0 Å². The number of hydrogen-bond acceptors (Lipinski definition) is 3. The SMILES string of the molecule is Cc1cc2c(s1)-c1sccc1C2O. The molecule has 3 heteroatoms. The van der Waals surface area contributed by atoms with E-state index in [0.717, 1.165) is 11.1 Å². The summed E-state index contributed by atoms with van der Waals surface area (Å²) in [5.41, 5.74) is 2.19. The monoisotopic (exact) mass is 208 g/mol. The van der Waals surface area contributed by atoms with Crippen LogP contribution < -0.4 is 0 Å². The van der Waals surface area contributed by atoms with Crippen LogP contribution in [0.15, 0.2) is 17.5 Å². The van der Waals surface area contributed by atoms with Crippen molar-refractivity contribution in [2.45, 2.75) is 13.0 Å². The first-order chi connectivity index (χ1) is 6.27. The molecule has 0 amide bonds. The lowest BCUT2D eigenvalue weighted by Crippen LogP contribution is -1.90. The molecule has 3 rings (SSSR count). The third-order valence-corrected chi connectivity index (χ3v) is 4.54. The van der Waals surface area contributed by atoms with Gasteiger partial charge in [-0.05, 0) is 24.4 Å². The highest BCUT2D eigenvalue weighted by molar-refractivity contribution is 7.21. The second-order valence-electron chi connectivity index (χ2n) is 3.25. The van der Waals surface area contributed by atoms with Crippen molar-refractivity contribution in [2.24, 2.45) is 0 Å². The summed E-state index contributed by atoms with van der Waals surface area (Å²) in [6.45, 7) is 2.09. The Morgan fingerprint density at radius 1 is 1.31 bits per heavy atom. The van der Waals surface area contributed by atoms with E-state index in [-0.39, 0.29) is 6.10 Å². The highest BCUT2D eigenvalue weighted by atomic mass is 32.1. The average Bonchev–Trinajstić information content (AvgIpc) is 2.70. The number of thiophene rings is 2. The molecular formula is C10H8OS2. The largest absolute Gasteiger partial charge is 0.384 e. The fraction of sp³-hybridized carbons (Fsp3) is 0.200. The molecule has 1 unspecified atom stereocenters.